The van der Waals surface area contributed by atoms with E-state index in [4.69, 9.17) is 15.2 Å². The molecule has 4 heteroatoms. The second-order valence-electron chi connectivity index (χ2n) is 4.27. The molecule has 0 radical (unpaired) electrons. The van der Waals surface area contributed by atoms with Gasteiger partial charge < -0.3 is 15.2 Å². The third-order valence-electron chi connectivity index (χ3n) is 2.50. The predicted octanol–water partition coefficient (Wildman–Crippen LogP) is 0.0725. The van der Waals surface area contributed by atoms with E-state index in [9.17, 15) is 0 Å². The maximum absolute atomic E-state index is 5.67. The molecule has 4 nitrogen and oxygen atoms in total. The van der Waals surface area contributed by atoms with Crippen LogP contribution in [0.2, 0.25) is 0 Å². The van der Waals surface area contributed by atoms with Gasteiger partial charge in [0.1, 0.15) is 0 Å². The molecule has 0 amide bonds. The molecule has 1 rings (SSSR count). The van der Waals surface area contributed by atoms with Gasteiger partial charge in [-0.3, -0.25) is 4.90 Å². The Morgan fingerprint density at radius 3 is 2.57 bits per heavy atom. The Morgan fingerprint density at radius 2 is 2.00 bits per heavy atom. The van der Waals surface area contributed by atoms with Crippen LogP contribution in [0.1, 0.15) is 13.8 Å². The zero-order chi connectivity index (χ0) is 10.4. The van der Waals surface area contributed by atoms with Gasteiger partial charge in [-0.2, -0.15) is 0 Å². The first-order chi connectivity index (χ1) is 6.64. The van der Waals surface area contributed by atoms with Crippen molar-refractivity contribution < 1.29 is 9.47 Å². The highest BCUT2D eigenvalue weighted by atomic mass is 16.5. The minimum Gasteiger partial charge on any atom is -0.379 e. The van der Waals surface area contributed by atoms with Crippen molar-refractivity contribution in [1.82, 2.24) is 4.90 Å². The van der Waals surface area contributed by atoms with Crippen molar-refractivity contribution in [1.29, 1.82) is 0 Å². The second kappa shape index (κ2) is 5.66. The summed E-state index contributed by atoms with van der Waals surface area (Å²) in [6, 6.07) is 0. The minimum atomic E-state index is -0.188. The number of hydrogen-bond acceptors (Lipinski definition) is 4. The van der Waals surface area contributed by atoms with E-state index in [1.807, 2.05) is 13.8 Å². The molecule has 2 N–H and O–H groups in total. The number of nitrogens with two attached hydrogens (primary N) is 1. The third kappa shape index (κ3) is 4.37. The predicted molar refractivity (Wildman–Crippen MR) is 56.3 cm³/mol. The highest BCUT2D eigenvalue weighted by Crippen LogP contribution is 2.06. The summed E-state index contributed by atoms with van der Waals surface area (Å²) in [5.74, 6) is 0. The zero-order valence-corrected chi connectivity index (χ0v) is 9.29. The topological polar surface area (TPSA) is 47.7 Å². The van der Waals surface area contributed by atoms with Crippen LogP contribution >= 0.6 is 0 Å². The lowest BCUT2D eigenvalue weighted by Crippen LogP contribution is -2.41. The van der Waals surface area contributed by atoms with Gasteiger partial charge in [-0.1, -0.05) is 0 Å². The summed E-state index contributed by atoms with van der Waals surface area (Å²) in [5.41, 5.74) is 5.38. The van der Waals surface area contributed by atoms with Crippen molar-refractivity contribution in [2.24, 2.45) is 5.73 Å². The molecule has 0 aliphatic carbocycles. The Balaban J connectivity index is 2.08. The van der Waals surface area contributed by atoms with Gasteiger partial charge in [0, 0.05) is 26.2 Å². The molecule has 1 fully saturated rings. The Labute approximate surface area is 86.3 Å². The molecule has 0 saturated carbocycles. The molecule has 1 aliphatic heterocycles. The maximum atomic E-state index is 5.67. The molecule has 1 heterocycles. The van der Waals surface area contributed by atoms with Crippen LogP contribution in [-0.2, 0) is 9.47 Å². The van der Waals surface area contributed by atoms with Crippen LogP contribution in [-0.4, -0.2) is 56.5 Å². The van der Waals surface area contributed by atoms with Crippen LogP contribution in [0.4, 0.5) is 0 Å². The van der Waals surface area contributed by atoms with Crippen LogP contribution in [0.25, 0.3) is 0 Å². The van der Waals surface area contributed by atoms with E-state index in [-0.39, 0.29) is 5.60 Å². The number of nitrogens with zero attached hydrogens (tertiary/aromatic N) is 1. The van der Waals surface area contributed by atoms with Crippen molar-refractivity contribution in [3.8, 4) is 0 Å². The van der Waals surface area contributed by atoms with Gasteiger partial charge in [0.2, 0.25) is 0 Å². The summed E-state index contributed by atoms with van der Waals surface area (Å²) in [4.78, 5) is 2.36. The van der Waals surface area contributed by atoms with Crippen molar-refractivity contribution in [2.75, 3.05) is 46.0 Å². The standard InChI is InChI=1S/C10H22N2O2/c1-10(2,9-11)14-8-5-12-3-6-13-7-4-12/h3-9,11H2,1-2H3. The highest BCUT2D eigenvalue weighted by Gasteiger charge is 2.16. The lowest BCUT2D eigenvalue weighted by molar-refractivity contribution is -0.0333. The Kier molecular flexibility index (Phi) is 4.81. The van der Waals surface area contributed by atoms with Gasteiger partial charge in [0.25, 0.3) is 0 Å². The van der Waals surface area contributed by atoms with Gasteiger partial charge in [-0.05, 0) is 13.8 Å². The van der Waals surface area contributed by atoms with E-state index in [0.29, 0.717) is 6.54 Å². The normalized spacial score (nSPS) is 19.9. The quantitative estimate of drug-likeness (QED) is 0.685. The van der Waals surface area contributed by atoms with Crippen LogP contribution in [0.15, 0.2) is 0 Å². The summed E-state index contributed by atoms with van der Waals surface area (Å²) in [7, 11) is 0. The molecule has 84 valence electrons. The molecule has 1 saturated heterocycles. The minimum absolute atomic E-state index is 0.188. The van der Waals surface area contributed by atoms with Gasteiger partial charge in [-0.15, -0.1) is 0 Å². The Morgan fingerprint density at radius 1 is 1.36 bits per heavy atom. The molecule has 0 spiro atoms. The summed E-state index contributed by atoms with van der Waals surface area (Å²) in [6.07, 6.45) is 0. The third-order valence-corrected chi connectivity index (χ3v) is 2.50. The Hall–Kier alpha value is -0.160. The van der Waals surface area contributed by atoms with Crippen LogP contribution < -0.4 is 5.73 Å². The summed E-state index contributed by atoms with van der Waals surface area (Å²) in [6.45, 7) is 10.1. The summed E-state index contributed by atoms with van der Waals surface area (Å²) >= 11 is 0. The lowest BCUT2D eigenvalue weighted by Gasteiger charge is -2.29. The average Bonchev–Trinajstić information content (AvgIpc) is 2.19. The van der Waals surface area contributed by atoms with E-state index in [1.165, 1.54) is 0 Å². The van der Waals surface area contributed by atoms with Gasteiger partial charge in [0.15, 0.2) is 0 Å². The maximum Gasteiger partial charge on any atom is 0.0748 e. The fourth-order valence-corrected chi connectivity index (χ4v) is 1.33. The van der Waals surface area contributed by atoms with E-state index in [1.54, 1.807) is 0 Å². The van der Waals surface area contributed by atoms with Crippen LogP contribution in [0.5, 0.6) is 0 Å². The average molecular weight is 202 g/mol. The van der Waals surface area contributed by atoms with E-state index in [0.717, 1.165) is 39.5 Å². The van der Waals surface area contributed by atoms with E-state index < -0.39 is 0 Å². The molecule has 14 heavy (non-hydrogen) atoms. The fourth-order valence-electron chi connectivity index (χ4n) is 1.33. The van der Waals surface area contributed by atoms with Gasteiger partial charge >= 0.3 is 0 Å². The first-order valence-corrected chi connectivity index (χ1v) is 5.28. The Bertz CT molecular complexity index is 156. The summed E-state index contributed by atoms with van der Waals surface area (Å²) < 4.78 is 10.9. The smallest absolute Gasteiger partial charge is 0.0748 e. The summed E-state index contributed by atoms with van der Waals surface area (Å²) in [5, 5.41) is 0. The van der Waals surface area contributed by atoms with Crippen LogP contribution in [0, 0.1) is 0 Å². The molecule has 1 aliphatic rings. The van der Waals surface area contributed by atoms with Crippen molar-refractivity contribution in [3.63, 3.8) is 0 Å². The molecule has 0 atom stereocenters. The van der Waals surface area contributed by atoms with Crippen molar-refractivity contribution in [2.45, 2.75) is 19.4 Å². The second-order valence-corrected chi connectivity index (χ2v) is 4.27. The number of morpholine rings is 1. The molecule has 0 aromatic heterocycles. The molecule has 0 unspecified atom stereocenters. The SMILES string of the molecule is CC(C)(CN)OCCN1CCOCC1. The first kappa shape index (κ1) is 11.9. The molecule has 0 bridgehead atoms. The number of ether oxygens (including phenoxy) is 2. The van der Waals surface area contributed by atoms with Gasteiger partial charge in [-0.25, -0.2) is 0 Å². The largest absolute Gasteiger partial charge is 0.379 e. The van der Waals surface area contributed by atoms with E-state index in [2.05, 4.69) is 4.90 Å². The molecule has 0 aromatic rings. The van der Waals surface area contributed by atoms with Crippen molar-refractivity contribution >= 4 is 0 Å². The number of hydrogen-bond donors (Lipinski definition) is 1. The van der Waals surface area contributed by atoms with Crippen LogP contribution in [0.3, 0.4) is 0 Å². The lowest BCUT2D eigenvalue weighted by atomic mass is 10.1. The van der Waals surface area contributed by atoms with Crippen molar-refractivity contribution in [3.05, 3.63) is 0 Å². The molecular weight excluding hydrogens is 180 g/mol. The molecular formula is C10H22N2O2. The number of rotatable bonds is 5. The zero-order valence-electron chi connectivity index (χ0n) is 9.29. The molecule has 0 aromatic carbocycles. The highest BCUT2D eigenvalue weighted by molar-refractivity contribution is 4.69. The van der Waals surface area contributed by atoms with Gasteiger partial charge in [0.05, 0.1) is 25.4 Å². The first-order valence-electron chi connectivity index (χ1n) is 5.28. The monoisotopic (exact) mass is 202 g/mol. The van der Waals surface area contributed by atoms with E-state index >= 15 is 0 Å². The fraction of sp³-hybridized carbons (Fsp3) is 1.00.